The number of anilines is 1. The molecule has 0 saturated carbocycles. The lowest BCUT2D eigenvalue weighted by Gasteiger charge is -2.23. The molecule has 0 spiro atoms. The van der Waals surface area contributed by atoms with Crippen molar-refractivity contribution in [3.8, 4) is 5.75 Å². The van der Waals surface area contributed by atoms with Gasteiger partial charge in [-0.25, -0.2) is 0 Å². The van der Waals surface area contributed by atoms with E-state index in [1.165, 1.54) is 16.7 Å². The van der Waals surface area contributed by atoms with Gasteiger partial charge in [-0.2, -0.15) is 0 Å². The zero-order valence-corrected chi connectivity index (χ0v) is 12.7. The second-order valence-electron chi connectivity index (χ2n) is 6.20. The van der Waals surface area contributed by atoms with Crippen molar-refractivity contribution in [2.45, 2.75) is 32.6 Å². The van der Waals surface area contributed by atoms with Crippen molar-refractivity contribution in [3.63, 3.8) is 0 Å². The molecule has 0 atom stereocenters. The third-order valence-corrected chi connectivity index (χ3v) is 3.46. The van der Waals surface area contributed by atoms with Crippen molar-refractivity contribution in [1.82, 2.24) is 0 Å². The molecule has 0 radical (unpaired) electrons. The molecule has 2 N–H and O–H groups in total. The van der Waals surface area contributed by atoms with Crippen LogP contribution >= 0.6 is 0 Å². The van der Waals surface area contributed by atoms with E-state index in [1.54, 1.807) is 7.11 Å². The molecule has 2 aromatic rings. The van der Waals surface area contributed by atoms with Gasteiger partial charge in [0.15, 0.2) is 0 Å². The molecule has 0 aliphatic carbocycles. The molecule has 2 heteroatoms. The summed E-state index contributed by atoms with van der Waals surface area (Å²) >= 11 is 0. The molecule has 2 rings (SSSR count). The van der Waals surface area contributed by atoms with Gasteiger partial charge in [-0.1, -0.05) is 45.0 Å². The fourth-order valence-corrected chi connectivity index (χ4v) is 2.32. The van der Waals surface area contributed by atoms with Crippen LogP contribution in [0.1, 0.15) is 37.5 Å². The van der Waals surface area contributed by atoms with E-state index in [1.807, 2.05) is 12.1 Å². The van der Waals surface area contributed by atoms with Gasteiger partial charge in [-0.15, -0.1) is 0 Å². The summed E-state index contributed by atoms with van der Waals surface area (Å²) in [5.41, 5.74) is 10.4. The Morgan fingerprint density at radius 3 is 2.10 bits per heavy atom. The van der Waals surface area contributed by atoms with Crippen LogP contribution in [0.15, 0.2) is 42.5 Å². The standard InChI is InChI=1S/C18H23NO/c1-18(2,3)16-12-14(7-10-17(16)20-4)11-13-5-8-15(19)9-6-13/h5-10,12H,11,19H2,1-4H3. The lowest BCUT2D eigenvalue weighted by molar-refractivity contribution is 0.397. The van der Waals surface area contributed by atoms with Crippen LogP contribution in [0, 0.1) is 0 Å². The number of benzene rings is 2. The van der Waals surface area contributed by atoms with Gasteiger partial charge < -0.3 is 10.5 Å². The Kier molecular flexibility index (Phi) is 4.03. The van der Waals surface area contributed by atoms with Gasteiger partial charge >= 0.3 is 0 Å². The van der Waals surface area contributed by atoms with Gasteiger partial charge in [0, 0.05) is 5.69 Å². The lowest BCUT2D eigenvalue weighted by Crippen LogP contribution is -2.13. The first-order valence-corrected chi connectivity index (χ1v) is 6.92. The first-order valence-electron chi connectivity index (χ1n) is 6.92. The van der Waals surface area contributed by atoms with Crippen LogP contribution < -0.4 is 10.5 Å². The number of hydrogen-bond donors (Lipinski definition) is 1. The Hall–Kier alpha value is -1.96. The SMILES string of the molecule is COc1ccc(Cc2ccc(N)cc2)cc1C(C)(C)C. The van der Waals surface area contributed by atoms with Crippen molar-refractivity contribution in [1.29, 1.82) is 0 Å². The zero-order chi connectivity index (χ0) is 14.8. The number of methoxy groups -OCH3 is 1. The zero-order valence-electron chi connectivity index (χ0n) is 12.7. The highest BCUT2D eigenvalue weighted by Gasteiger charge is 2.19. The third kappa shape index (κ3) is 3.32. The summed E-state index contributed by atoms with van der Waals surface area (Å²) in [6.07, 6.45) is 0.910. The maximum Gasteiger partial charge on any atom is 0.122 e. The van der Waals surface area contributed by atoms with Gasteiger partial charge in [0.05, 0.1) is 7.11 Å². The molecule has 2 aromatic carbocycles. The van der Waals surface area contributed by atoms with E-state index in [0.29, 0.717) is 0 Å². The summed E-state index contributed by atoms with van der Waals surface area (Å²) in [6, 6.07) is 14.5. The predicted molar refractivity (Wildman–Crippen MR) is 85.4 cm³/mol. The van der Waals surface area contributed by atoms with Gasteiger partial charge in [0.25, 0.3) is 0 Å². The predicted octanol–water partition coefficient (Wildman–Crippen LogP) is 4.17. The summed E-state index contributed by atoms with van der Waals surface area (Å²) in [6.45, 7) is 6.62. The van der Waals surface area contributed by atoms with Crippen molar-refractivity contribution in [2.75, 3.05) is 12.8 Å². The molecule has 0 heterocycles. The van der Waals surface area contributed by atoms with E-state index in [-0.39, 0.29) is 5.41 Å². The molecular formula is C18H23NO. The van der Waals surface area contributed by atoms with Crippen molar-refractivity contribution >= 4 is 5.69 Å². The Balaban J connectivity index is 2.31. The maximum absolute atomic E-state index is 5.72. The van der Waals surface area contributed by atoms with E-state index in [4.69, 9.17) is 10.5 Å². The van der Waals surface area contributed by atoms with Gasteiger partial charge in [0.2, 0.25) is 0 Å². The number of hydrogen-bond acceptors (Lipinski definition) is 2. The Labute approximate surface area is 121 Å². The van der Waals surface area contributed by atoms with E-state index in [2.05, 4.69) is 51.1 Å². The first-order chi connectivity index (χ1) is 9.40. The monoisotopic (exact) mass is 269 g/mol. The molecule has 2 nitrogen and oxygen atoms in total. The Morgan fingerprint density at radius 1 is 0.950 bits per heavy atom. The normalized spacial score (nSPS) is 11.4. The van der Waals surface area contributed by atoms with Crippen LogP contribution in [-0.2, 0) is 11.8 Å². The van der Waals surface area contributed by atoms with Crippen LogP contribution in [-0.4, -0.2) is 7.11 Å². The van der Waals surface area contributed by atoms with E-state index >= 15 is 0 Å². The van der Waals surface area contributed by atoms with Crippen LogP contribution in [0.25, 0.3) is 0 Å². The first kappa shape index (κ1) is 14.4. The quantitative estimate of drug-likeness (QED) is 0.849. The summed E-state index contributed by atoms with van der Waals surface area (Å²) in [5, 5.41) is 0. The van der Waals surface area contributed by atoms with Crippen LogP contribution in [0.2, 0.25) is 0 Å². The minimum absolute atomic E-state index is 0.0719. The molecule has 0 aromatic heterocycles. The molecule has 20 heavy (non-hydrogen) atoms. The lowest BCUT2D eigenvalue weighted by atomic mass is 9.84. The molecular weight excluding hydrogens is 246 g/mol. The number of rotatable bonds is 3. The summed E-state index contributed by atoms with van der Waals surface area (Å²) in [4.78, 5) is 0. The molecule has 0 amide bonds. The molecule has 0 bridgehead atoms. The second-order valence-corrected chi connectivity index (χ2v) is 6.20. The van der Waals surface area contributed by atoms with Crippen LogP contribution in [0.3, 0.4) is 0 Å². The van der Waals surface area contributed by atoms with Crippen molar-refractivity contribution in [2.24, 2.45) is 0 Å². The van der Waals surface area contributed by atoms with Gasteiger partial charge in [0.1, 0.15) is 5.75 Å². The Morgan fingerprint density at radius 2 is 1.55 bits per heavy atom. The van der Waals surface area contributed by atoms with Gasteiger partial charge in [-0.05, 0) is 46.7 Å². The average molecular weight is 269 g/mol. The third-order valence-electron chi connectivity index (χ3n) is 3.46. The minimum atomic E-state index is 0.0719. The molecule has 0 aliphatic rings. The largest absolute Gasteiger partial charge is 0.496 e. The fraction of sp³-hybridized carbons (Fsp3) is 0.333. The van der Waals surface area contributed by atoms with Gasteiger partial charge in [-0.3, -0.25) is 0 Å². The average Bonchev–Trinajstić information content (AvgIpc) is 2.40. The van der Waals surface area contributed by atoms with Crippen molar-refractivity contribution < 1.29 is 4.74 Å². The van der Waals surface area contributed by atoms with Crippen LogP contribution in [0.5, 0.6) is 5.75 Å². The molecule has 0 unspecified atom stereocenters. The summed E-state index contributed by atoms with van der Waals surface area (Å²) in [5.74, 6) is 0.957. The smallest absolute Gasteiger partial charge is 0.122 e. The number of nitrogen functional groups attached to an aromatic ring is 1. The van der Waals surface area contributed by atoms with E-state index in [0.717, 1.165) is 17.9 Å². The van der Waals surface area contributed by atoms with Crippen LogP contribution in [0.4, 0.5) is 5.69 Å². The number of ether oxygens (including phenoxy) is 1. The highest BCUT2D eigenvalue weighted by molar-refractivity contribution is 5.44. The molecule has 0 fully saturated rings. The molecule has 106 valence electrons. The van der Waals surface area contributed by atoms with Crippen molar-refractivity contribution in [3.05, 3.63) is 59.2 Å². The molecule has 0 aliphatic heterocycles. The maximum atomic E-state index is 5.72. The topological polar surface area (TPSA) is 35.2 Å². The number of nitrogens with two attached hydrogens (primary N) is 1. The highest BCUT2D eigenvalue weighted by atomic mass is 16.5. The Bertz CT molecular complexity index is 579. The second kappa shape index (κ2) is 5.58. The summed E-state index contributed by atoms with van der Waals surface area (Å²) in [7, 11) is 1.73. The summed E-state index contributed by atoms with van der Waals surface area (Å²) < 4.78 is 5.48. The highest BCUT2D eigenvalue weighted by Crippen LogP contribution is 2.32. The van der Waals surface area contributed by atoms with E-state index < -0.39 is 0 Å². The minimum Gasteiger partial charge on any atom is -0.496 e. The van der Waals surface area contributed by atoms with E-state index in [9.17, 15) is 0 Å². The molecule has 0 saturated heterocycles. The fourth-order valence-electron chi connectivity index (χ4n) is 2.32.